The van der Waals surface area contributed by atoms with Gasteiger partial charge in [0.2, 0.25) is 10.0 Å². The first-order valence-electron chi connectivity index (χ1n) is 6.39. The van der Waals surface area contributed by atoms with Crippen molar-refractivity contribution in [3.63, 3.8) is 0 Å². The Labute approximate surface area is 154 Å². The van der Waals surface area contributed by atoms with Crippen molar-refractivity contribution < 1.29 is 41.1 Å². The van der Waals surface area contributed by atoms with Crippen LogP contribution >= 0.6 is 0 Å². The Morgan fingerprint density at radius 1 is 0.955 bits per heavy atom. The van der Waals surface area contributed by atoms with Crippen LogP contribution in [0.25, 0.3) is 10.8 Å². The predicted octanol–water partition coefficient (Wildman–Crippen LogP) is 2.72. The molecule has 0 aliphatic carbocycles. The SMILES string of the molecule is O=S(=O)(N[CH-]c1ccccc1)c1ccc2cnccc2c1.[Y]. The van der Waals surface area contributed by atoms with Gasteiger partial charge in [0, 0.05) is 50.5 Å². The summed E-state index contributed by atoms with van der Waals surface area (Å²) in [5.41, 5.74) is 0.797. The quantitative estimate of drug-likeness (QED) is 0.702. The standard InChI is InChI=1S/C16H13N2O2S.Y/c19-21(20,18-11-13-4-2-1-3-5-13)16-7-6-15-12-17-9-8-14(15)10-16;/h1-12,18H;/q-1;. The molecule has 0 saturated heterocycles. The topological polar surface area (TPSA) is 59.1 Å². The van der Waals surface area contributed by atoms with E-state index in [2.05, 4.69) is 9.71 Å². The average Bonchev–Trinajstić information content (AvgIpc) is 2.53. The molecule has 1 heterocycles. The molecule has 1 radical (unpaired) electrons. The molecule has 0 aliphatic rings. The van der Waals surface area contributed by atoms with E-state index < -0.39 is 10.0 Å². The van der Waals surface area contributed by atoms with Gasteiger partial charge in [0.05, 0.1) is 4.90 Å². The Morgan fingerprint density at radius 3 is 2.50 bits per heavy atom. The number of hydrogen-bond donors (Lipinski definition) is 1. The fourth-order valence-corrected chi connectivity index (χ4v) is 2.95. The molecule has 0 bridgehead atoms. The summed E-state index contributed by atoms with van der Waals surface area (Å²) in [5.74, 6) is 0. The van der Waals surface area contributed by atoms with E-state index >= 15 is 0 Å². The summed E-state index contributed by atoms with van der Waals surface area (Å²) in [6.07, 6.45) is 3.34. The molecular weight excluding hydrogens is 373 g/mol. The minimum absolute atomic E-state index is 0. The van der Waals surface area contributed by atoms with Crippen LogP contribution < -0.4 is 4.72 Å². The monoisotopic (exact) mass is 386 g/mol. The number of fused-ring (bicyclic) bond motifs is 1. The van der Waals surface area contributed by atoms with Crippen molar-refractivity contribution in [3.05, 3.63) is 79.1 Å². The molecule has 0 aliphatic heterocycles. The molecule has 3 rings (SSSR count). The Balaban J connectivity index is 0.00000176. The fourth-order valence-electron chi connectivity index (χ4n) is 1.99. The zero-order valence-corrected chi connectivity index (χ0v) is 15.3. The van der Waals surface area contributed by atoms with Crippen molar-refractivity contribution in [2.24, 2.45) is 0 Å². The molecule has 1 N–H and O–H groups in total. The number of hydrogen-bond acceptors (Lipinski definition) is 3. The molecule has 22 heavy (non-hydrogen) atoms. The van der Waals surface area contributed by atoms with Gasteiger partial charge in [-0.2, -0.15) is 17.7 Å². The van der Waals surface area contributed by atoms with Crippen molar-refractivity contribution >= 4 is 20.8 Å². The third-order valence-electron chi connectivity index (χ3n) is 3.10. The minimum atomic E-state index is -3.58. The molecular formula is C16H13N2O2SY-. The van der Waals surface area contributed by atoms with Crippen molar-refractivity contribution in [2.75, 3.05) is 0 Å². The van der Waals surface area contributed by atoms with Crippen LogP contribution in [0.5, 0.6) is 0 Å². The average molecular weight is 386 g/mol. The van der Waals surface area contributed by atoms with Gasteiger partial charge in [-0.3, -0.25) is 4.98 Å². The zero-order chi connectivity index (χ0) is 14.7. The van der Waals surface area contributed by atoms with Crippen LogP contribution in [0, 0.1) is 6.54 Å². The maximum absolute atomic E-state index is 12.3. The smallest absolute Gasteiger partial charge is 0.233 e. The number of pyridine rings is 1. The molecule has 2 aromatic carbocycles. The van der Waals surface area contributed by atoms with Gasteiger partial charge < -0.3 is 0 Å². The Kier molecular flexibility index (Phi) is 5.70. The van der Waals surface area contributed by atoms with Crippen LogP contribution in [0.3, 0.4) is 0 Å². The van der Waals surface area contributed by atoms with Crippen LogP contribution in [0.15, 0.2) is 71.9 Å². The van der Waals surface area contributed by atoms with Gasteiger partial charge in [-0.05, 0) is 23.6 Å². The fraction of sp³-hybridized carbons (Fsp3) is 0. The van der Waals surface area contributed by atoms with E-state index in [9.17, 15) is 8.42 Å². The molecule has 0 amide bonds. The largest absolute Gasteiger partial charge is 0.264 e. The van der Waals surface area contributed by atoms with Crippen molar-refractivity contribution in [2.45, 2.75) is 4.90 Å². The first-order chi connectivity index (χ1) is 10.1. The Hall–Kier alpha value is -1.27. The third kappa shape index (κ3) is 3.93. The van der Waals surface area contributed by atoms with E-state index in [0.717, 1.165) is 16.3 Å². The van der Waals surface area contributed by atoms with Crippen LogP contribution in [0.2, 0.25) is 0 Å². The summed E-state index contributed by atoms with van der Waals surface area (Å²) in [4.78, 5) is 4.24. The molecule has 0 unspecified atom stereocenters. The normalized spacial score (nSPS) is 10.9. The molecule has 0 atom stereocenters. The summed E-state index contributed by atoms with van der Waals surface area (Å²) >= 11 is 0. The first kappa shape index (κ1) is 17.1. The van der Waals surface area contributed by atoms with Crippen LogP contribution in [0.4, 0.5) is 0 Å². The summed E-state index contributed by atoms with van der Waals surface area (Å²) in [6.45, 7) is 1.48. The van der Waals surface area contributed by atoms with Crippen LogP contribution in [0.1, 0.15) is 5.56 Å². The number of nitrogens with one attached hydrogen (secondary N) is 1. The van der Waals surface area contributed by atoms with Gasteiger partial charge in [0.1, 0.15) is 0 Å². The van der Waals surface area contributed by atoms with Gasteiger partial charge in [-0.25, -0.2) is 13.1 Å². The van der Waals surface area contributed by atoms with E-state index in [4.69, 9.17) is 0 Å². The van der Waals surface area contributed by atoms with Gasteiger partial charge in [0.25, 0.3) is 0 Å². The van der Waals surface area contributed by atoms with Crippen molar-refractivity contribution in [1.29, 1.82) is 0 Å². The Morgan fingerprint density at radius 2 is 1.73 bits per heavy atom. The molecule has 0 spiro atoms. The molecule has 0 saturated carbocycles. The van der Waals surface area contributed by atoms with E-state index in [1.165, 1.54) is 6.54 Å². The van der Waals surface area contributed by atoms with E-state index in [0.29, 0.717) is 0 Å². The number of aromatic nitrogens is 1. The predicted molar refractivity (Wildman–Crippen MR) is 81.9 cm³/mol. The number of benzene rings is 2. The van der Waals surface area contributed by atoms with Gasteiger partial charge in [-0.15, -0.1) is 18.7 Å². The van der Waals surface area contributed by atoms with Crippen molar-refractivity contribution in [1.82, 2.24) is 9.71 Å². The first-order valence-corrected chi connectivity index (χ1v) is 7.88. The molecule has 0 fully saturated rings. The number of rotatable bonds is 4. The second-order valence-corrected chi connectivity index (χ2v) is 6.27. The van der Waals surface area contributed by atoms with Crippen LogP contribution in [-0.2, 0) is 42.7 Å². The van der Waals surface area contributed by atoms with Crippen molar-refractivity contribution in [3.8, 4) is 0 Å². The summed E-state index contributed by atoms with van der Waals surface area (Å²) < 4.78 is 27.1. The maximum atomic E-state index is 12.3. The second kappa shape index (κ2) is 7.33. The minimum Gasteiger partial charge on any atom is -0.264 e. The van der Waals surface area contributed by atoms with Crippen LogP contribution in [-0.4, -0.2) is 13.4 Å². The van der Waals surface area contributed by atoms with E-state index in [-0.39, 0.29) is 37.6 Å². The van der Waals surface area contributed by atoms with E-state index in [1.807, 2.05) is 30.3 Å². The molecule has 3 aromatic rings. The van der Waals surface area contributed by atoms with E-state index in [1.54, 1.807) is 36.7 Å². The molecule has 6 heteroatoms. The van der Waals surface area contributed by atoms with Gasteiger partial charge >= 0.3 is 0 Å². The maximum Gasteiger partial charge on any atom is 0.233 e. The molecule has 109 valence electrons. The summed E-state index contributed by atoms with van der Waals surface area (Å²) in [6, 6.07) is 16.0. The molecule has 1 aromatic heterocycles. The number of nitrogens with zero attached hydrogens (tertiary/aromatic N) is 1. The summed E-state index contributed by atoms with van der Waals surface area (Å²) in [7, 11) is -3.58. The summed E-state index contributed by atoms with van der Waals surface area (Å²) in [5, 5.41) is 1.75. The number of sulfonamides is 1. The third-order valence-corrected chi connectivity index (χ3v) is 4.41. The molecule has 4 nitrogen and oxygen atoms in total. The second-order valence-electron chi connectivity index (χ2n) is 4.56. The Bertz CT molecular complexity index is 867. The van der Waals surface area contributed by atoms with Gasteiger partial charge in [-0.1, -0.05) is 12.1 Å². The zero-order valence-electron chi connectivity index (χ0n) is 11.7. The van der Waals surface area contributed by atoms with Gasteiger partial charge in [0.15, 0.2) is 0 Å².